The first kappa shape index (κ1) is 77.1. The van der Waals surface area contributed by atoms with Crippen LogP contribution in [0.25, 0.3) is 0 Å². The number of nitrogens with one attached hydrogen (secondary N) is 7. The Hall–Kier alpha value is -6.93. The van der Waals surface area contributed by atoms with Gasteiger partial charge in [-0.25, -0.2) is 4.79 Å². The molecule has 0 aromatic carbocycles. The third kappa shape index (κ3) is 34.0. The van der Waals surface area contributed by atoms with Crippen LogP contribution in [-0.4, -0.2) is 153 Å². The molecule has 0 aliphatic carbocycles. The van der Waals surface area contributed by atoms with Crippen molar-refractivity contribution in [3.8, 4) is 0 Å². The van der Waals surface area contributed by atoms with Gasteiger partial charge < -0.3 is 72.4 Å². The Morgan fingerprint density at radius 1 is 0.345 bits per heavy atom. The summed E-state index contributed by atoms with van der Waals surface area (Å²) in [6, 6.07) is -12.0. The van der Waals surface area contributed by atoms with Gasteiger partial charge in [-0.15, -0.1) is 0 Å². The number of carbonyl (C=O) groups is 13. The Morgan fingerprint density at radius 2 is 0.619 bits per heavy atom. The fraction of sp³-hybridized carbons (Fsp3) is 0.772. The van der Waals surface area contributed by atoms with Crippen molar-refractivity contribution in [3.05, 3.63) is 0 Å². The van der Waals surface area contributed by atoms with Crippen LogP contribution in [0.2, 0.25) is 0 Å². The zero-order valence-electron chi connectivity index (χ0n) is 53.1. The maximum absolute atomic E-state index is 14.5. The van der Waals surface area contributed by atoms with E-state index >= 15 is 0 Å². The van der Waals surface area contributed by atoms with Crippen LogP contribution in [0.1, 0.15) is 196 Å². The highest BCUT2D eigenvalue weighted by molar-refractivity contribution is 5.98. The molecule has 8 amide bonds. The van der Waals surface area contributed by atoms with Crippen molar-refractivity contribution in [2.75, 3.05) is 0 Å². The van der Waals surface area contributed by atoms with E-state index in [1.54, 1.807) is 132 Å². The molecule has 27 heteroatoms. The number of hydrogen-bond donors (Lipinski definition) is 9. The number of ether oxygens (including phenoxy) is 5. The van der Waals surface area contributed by atoms with Crippen LogP contribution in [-0.2, 0) is 86.0 Å². The van der Waals surface area contributed by atoms with Crippen LogP contribution in [0.15, 0.2) is 0 Å². The van der Waals surface area contributed by atoms with E-state index < -0.39 is 210 Å². The van der Waals surface area contributed by atoms with Crippen molar-refractivity contribution in [1.82, 2.24) is 37.2 Å². The zero-order valence-corrected chi connectivity index (χ0v) is 53.1. The van der Waals surface area contributed by atoms with E-state index in [0.29, 0.717) is 0 Å². The molecule has 84 heavy (non-hydrogen) atoms. The molecule has 11 N–H and O–H groups in total. The minimum absolute atomic E-state index is 0.101. The Balaban J connectivity index is 7.12. The molecule has 0 fully saturated rings. The van der Waals surface area contributed by atoms with Crippen LogP contribution in [0, 0.1) is 11.8 Å². The highest BCUT2D eigenvalue weighted by Gasteiger charge is 2.37. The van der Waals surface area contributed by atoms with Gasteiger partial charge in [0, 0.05) is 25.7 Å². The lowest BCUT2D eigenvalue weighted by Crippen LogP contribution is -2.61. The topological polar surface area (TPSA) is 404 Å². The molecule has 0 spiro atoms. The van der Waals surface area contributed by atoms with Gasteiger partial charge in [0.1, 0.15) is 70.3 Å². The third-order valence-electron chi connectivity index (χ3n) is 11.1. The molecule has 8 atom stereocenters. The highest BCUT2D eigenvalue weighted by Crippen LogP contribution is 2.17. The van der Waals surface area contributed by atoms with Gasteiger partial charge in [-0.2, -0.15) is 0 Å². The van der Waals surface area contributed by atoms with Gasteiger partial charge >= 0.3 is 29.8 Å². The fourth-order valence-electron chi connectivity index (χ4n) is 7.39. The van der Waals surface area contributed by atoms with Gasteiger partial charge in [0.2, 0.25) is 47.3 Å². The largest absolute Gasteiger partial charge is 0.460 e. The first-order valence-electron chi connectivity index (χ1n) is 28.3. The van der Waals surface area contributed by atoms with E-state index in [4.69, 9.17) is 35.2 Å². The van der Waals surface area contributed by atoms with Gasteiger partial charge in [-0.3, -0.25) is 57.5 Å². The summed E-state index contributed by atoms with van der Waals surface area (Å²) in [6.45, 7) is 31.8. The number of esters is 5. The summed E-state index contributed by atoms with van der Waals surface area (Å²) in [6.07, 6.45) is -3.67. The maximum atomic E-state index is 14.5. The molecule has 0 aliphatic heterocycles. The van der Waals surface area contributed by atoms with Gasteiger partial charge in [0.05, 0.1) is 12.5 Å². The van der Waals surface area contributed by atoms with Crippen molar-refractivity contribution >= 4 is 77.1 Å². The predicted molar refractivity (Wildman–Crippen MR) is 307 cm³/mol. The van der Waals surface area contributed by atoms with Crippen LogP contribution in [0.5, 0.6) is 0 Å². The summed E-state index contributed by atoms with van der Waals surface area (Å²) in [7, 11) is 0. The van der Waals surface area contributed by atoms with Crippen LogP contribution in [0.4, 0.5) is 0 Å². The molecule has 0 aromatic rings. The van der Waals surface area contributed by atoms with E-state index in [1.165, 1.54) is 6.92 Å². The highest BCUT2D eigenvalue weighted by atomic mass is 16.6. The molecule has 0 aromatic heterocycles. The first-order chi connectivity index (χ1) is 38.0. The van der Waals surface area contributed by atoms with Crippen molar-refractivity contribution in [2.24, 2.45) is 23.3 Å². The summed E-state index contributed by atoms with van der Waals surface area (Å²) in [5.74, 6) is -12.8. The minimum atomic E-state index is -1.68. The number of carbonyl (C=O) groups excluding carboxylic acids is 13. The van der Waals surface area contributed by atoms with Crippen molar-refractivity contribution in [3.63, 3.8) is 0 Å². The van der Waals surface area contributed by atoms with Gasteiger partial charge in [-0.05, 0) is 148 Å². The molecule has 480 valence electrons. The number of hydrogen-bond acceptors (Lipinski definition) is 19. The summed E-state index contributed by atoms with van der Waals surface area (Å²) in [5, 5.41) is 17.5. The van der Waals surface area contributed by atoms with E-state index in [9.17, 15) is 62.3 Å². The van der Waals surface area contributed by atoms with Gasteiger partial charge in [-0.1, -0.05) is 27.7 Å². The summed E-state index contributed by atoms with van der Waals surface area (Å²) >= 11 is 0. The van der Waals surface area contributed by atoms with E-state index in [-0.39, 0.29) is 12.8 Å². The molecular weight excluding hydrogens is 1100 g/mol. The zero-order chi connectivity index (χ0) is 65.6. The molecule has 27 nitrogen and oxygen atoms in total. The second-order valence-electron chi connectivity index (χ2n) is 26.2. The Labute approximate surface area is 494 Å². The lowest BCUT2D eigenvalue weighted by atomic mass is 9.98. The minimum Gasteiger partial charge on any atom is -0.460 e. The number of primary amides is 1. The monoisotopic (exact) mass is 1200 g/mol. The van der Waals surface area contributed by atoms with Gasteiger partial charge in [0.15, 0.2) is 0 Å². The smallest absolute Gasteiger partial charge is 0.329 e. The normalized spacial score (nSPS) is 14.9. The molecule has 0 aliphatic rings. The van der Waals surface area contributed by atoms with Crippen LogP contribution >= 0.6 is 0 Å². The molecule has 0 unspecified atom stereocenters. The lowest BCUT2D eigenvalue weighted by molar-refractivity contribution is -0.160. The quantitative estimate of drug-likeness (QED) is 0.0353. The fourth-order valence-corrected chi connectivity index (χ4v) is 7.39. The molecule has 0 bridgehead atoms. The Morgan fingerprint density at radius 3 is 0.940 bits per heavy atom. The molecule has 0 rings (SSSR count). The number of nitrogens with two attached hydrogens (primary N) is 2. The summed E-state index contributed by atoms with van der Waals surface area (Å²) in [4.78, 5) is 174. The lowest BCUT2D eigenvalue weighted by Gasteiger charge is -2.29. The molecular formula is C57H99N9O18. The summed E-state index contributed by atoms with van der Waals surface area (Å²) < 4.78 is 26.9. The molecule has 0 radical (unpaired) electrons. The average Bonchev–Trinajstić information content (AvgIpc) is 3.53. The first-order valence-corrected chi connectivity index (χ1v) is 28.3. The standard InChI is InChI=1S/C57H99N9O18/c1-30(2)43(66-51(78)44(31(3)4)65-46(73)33(58)21-25-39(68)80-53(6,7)8)50(77)63-36(24-28-42(71)83-56(15,16)17)48(75)62-34(22-26-40(69)81-54(9,10)11)47(74)60-32(5)45(72)61-35(23-27-41(70)82-55(12,13)14)49(76)64-37(29-38(59)67)52(79)84-57(18,19)20/h30-37,43-44H,21-29,58H2,1-20H3,(H2,59,67)(H,60,74)(H,61,72)(H,62,75)(H,63,77)(H,64,76)(H,65,73)(H,66,78)/t32-,33-,34-,35-,36-,37-,43-,44-/m0/s1. The number of amides is 8. The second-order valence-corrected chi connectivity index (χ2v) is 26.2. The second kappa shape index (κ2) is 33.5. The van der Waals surface area contributed by atoms with Gasteiger partial charge in [0.25, 0.3) is 0 Å². The van der Waals surface area contributed by atoms with Crippen LogP contribution < -0.4 is 48.7 Å². The average molecular weight is 1200 g/mol. The summed E-state index contributed by atoms with van der Waals surface area (Å²) in [5.41, 5.74) is 6.78. The van der Waals surface area contributed by atoms with Crippen molar-refractivity contribution in [2.45, 2.75) is 273 Å². The van der Waals surface area contributed by atoms with Crippen molar-refractivity contribution < 1.29 is 86.0 Å². The Bertz CT molecular complexity index is 2320. The third-order valence-corrected chi connectivity index (χ3v) is 11.1. The van der Waals surface area contributed by atoms with Crippen molar-refractivity contribution in [1.29, 1.82) is 0 Å². The van der Waals surface area contributed by atoms with Crippen LogP contribution in [0.3, 0.4) is 0 Å². The molecule has 0 heterocycles. The molecule has 0 saturated heterocycles. The molecule has 0 saturated carbocycles. The number of rotatable bonds is 31. The van der Waals surface area contributed by atoms with E-state index in [2.05, 4.69) is 37.2 Å². The SMILES string of the molecule is CC(C)[C@H](NC(=O)[C@@H](NC(=O)[C@@H](N)CCC(=O)OC(C)(C)C)C(C)C)C(=O)N[C@@H](CCC(=O)OC(C)(C)C)C(=O)N[C@@H](CCC(=O)OC(C)(C)C)C(=O)N[C@@H](C)C(=O)N[C@@H](CCC(=O)OC(C)(C)C)C(=O)N[C@@H](CC(N)=O)C(=O)OC(C)(C)C. The van der Waals surface area contributed by atoms with E-state index in [1.807, 2.05) is 0 Å². The predicted octanol–water partition coefficient (Wildman–Crippen LogP) is 1.74. The Kier molecular flexibility index (Phi) is 30.8. The van der Waals surface area contributed by atoms with E-state index in [0.717, 1.165) is 0 Å². The maximum Gasteiger partial charge on any atom is 0.329 e.